The zero-order valence-corrected chi connectivity index (χ0v) is 11.6. The Balaban J connectivity index is 2.14. The summed E-state index contributed by atoms with van der Waals surface area (Å²) in [4.78, 5) is 12.2. The number of amides is 1. The van der Waals surface area contributed by atoms with Crippen LogP contribution in [-0.2, 0) is 11.3 Å². The second-order valence-corrected chi connectivity index (χ2v) is 5.60. The van der Waals surface area contributed by atoms with Gasteiger partial charge in [-0.2, -0.15) is 0 Å². The summed E-state index contributed by atoms with van der Waals surface area (Å²) in [6.07, 6.45) is 0. The van der Waals surface area contributed by atoms with Gasteiger partial charge in [-0.3, -0.25) is 4.79 Å². The second kappa shape index (κ2) is 5.72. The van der Waals surface area contributed by atoms with Gasteiger partial charge in [0, 0.05) is 24.7 Å². The molecule has 0 aliphatic carbocycles. The highest BCUT2D eigenvalue weighted by molar-refractivity contribution is 6.30. The van der Waals surface area contributed by atoms with Gasteiger partial charge in [-0.25, -0.2) is 0 Å². The molecule has 2 rings (SSSR count). The Morgan fingerprint density at radius 1 is 1.56 bits per heavy atom. The van der Waals surface area contributed by atoms with Crippen molar-refractivity contribution < 1.29 is 4.79 Å². The Morgan fingerprint density at radius 2 is 2.33 bits per heavy atom. The smallest absolute Gasteiger partial charge is 0.228 e. The van der Waals surface area contributed by atoms with Crippen LogP contribution in [0, 0.1) is 5.92 Å². The molecule has 0 bridgehead atoms. The molecule has 1 aliphatic heterocycles. The minimum atomic E-state index is -0.107. The molecular weight excluding hydrogens is 248 g/mol. The molecule has 1 aliphatic rings. The average Bonchev–Trinajstić information content (AvgIpc) is 2.34. The predicted octanol–water partition coefficient (Wildman–Crippen LogP) is 2.30. The largest absolute Gasteiger partial charge is 0.355 e. The molecular formula is C14H19ClN2O. The molecule has 1 atom stereocenters. The molecule has 2 N–H and O–H groups in total. The molecule has 3 nitrogen and oxygen atoms in total. The lowest BCUT2D eigenvalue weighted by Gasteiger charge is -2.26. The zero-order chi connectivity index (χ0) is 13.1. The number of hydrogen-bond donors (Lipinski definition) is 2. The standard InChI is InChI=1S/C14H19ClN2O/c1-9(2)6-17-14(18)13-8-16-7-10-5-11(15)3-4-12(10)13/h3-5,9,13,16H,6-8H2,1-2H3,(H,17,18). The van der Waals surface area contributed by atoms with Crippen molar-refractivity contribution in [3.8, 4) is 0 Å². The molecule has 18 heavy (non-hydrogen) atoms. The van der Waals surface area contributed by atoms with E-state index >= 15 is 0 Å². The van der Waals surface area contributed by atoms with Crippen LogP contribution in [0.5, 0.6) is 0 Å². The van der Waals surface area contributed by atoms with E-state index in [0.717, 1.165) is 29.2 Å². The highest BCUT2D eigenvalue weighted by Gasteiger charge is 2.26. The van der Waals surface area contributed by atoms with Crippen molar-refractivity contribution in [2.75, 3.05) is 13.1 Å². The molecule has 0 fully saturated rings. The lowest BCUT2D eigenvalue weighted by atomic mass is 9.90. The minimum absolute atomic E-state index is 0.0967. The topological polar surface area (TPSA) is 41.1 Å². The summed E-state index contributed by atoms with van der Waals surface area (Å²) in [6, 6.07) is 5.76. The van der Waals surface area contributed by atoms with Gasteiger partial charge in [0.05, 0.1) is 5.92 Å². The molecule has 1 amide bonds. The van der Waals surface area contributed by atoms with Gasteiger partial charge in [-0.05, 0) is 29.2 Å². The van der Waals surface area contributed by atoms with E-state index in [1.807, 2.05) is 18.2 Å². The van der Waals surface area contributed by atoms with Gasteiger partial charge in [0.2, 0.25) is 5.91 Å². The van der Waals surface area contributed by atoms with Crippen LogP contribution >= 0.6 is 11.6 Å². The van der Waals surface area contributed by atoms with E-state index in [1.54, 1.807) is 0 Å². The molecule has 4 heteroatoms. The van der Waals surface area contributed by atoms with Crippen LogP contribution in [-0.4, -0.2) is 19.0 Å². The van der Waals surface area contributed by atoms with Crippen LogP contribution in [0.4, 0.5) is 0 Å². The lowest BCUT2D eigenvalue weighted by Crippen LogP contribution is -2.40. The zero-order valence-electron chi connectivity index (χ0n) is 10.8. The van der Waals surface area contributed by atoms with Gasteiger partial charge in [0.15, 0.2) is 0 Å². The van der Waals surface area contributed by atoms with Crippen molar-refractivity contribution in [2.45, 2.75) is 26.3 Å². The maximum absolute atomic E-state index is 12.2. The van der Waals surface area contributed by atoms with Crippen LogP contribution in [0.15, 0.2) is 18.2 Å². The fraction of sp³-hybridized carbons (Fsp3) is 0.500. The normalized spacial score (nSPS) is 18.6. The number of hydrogen-bond acceptors (Lipinski definition) is 2. The van der Waals surface area contributed by atoms with Gasteiger partial charge in [-0.1, -0.05) is 31.5 Å². The molecule has 0 aromatic heterocycles. The van der Waals surface area contributed by atoms with Crippen molar-refractivity contribution >= 4 is 17.5 Å². The predicted molar refractivity (Wildman–Crippen MR) is 73.7 cm³/mol. The first-order chi connectivity index (χ1) is 8.58. The molecule has 0 saturated heterocycles. The lowest BCUT2D eigenvalue weighted by molar-refractivity contribution is -0.122. The van der Waals surface area contributed by atoms with E-state index in [-0.39, 0.29) is 11.8 Å². The number of halogens is 1. The molecule has 0 spiro atoms. The molecule has 0 radical (unpaired) electrons. The molecule has 1 heterocycles. The maximum Gasteiger partial charge on any atom is 0.228 e. The van der Waals surface area contributed by atoms with E-state index < -0.39 is 0 Å². The van der Waals surface area contributed by atoms with E-state index in [0.29, 0.717) is 12.5 Å². The van der Waals surface area contributed by atoms with Gasteiger partial charge in [-0.15, -0.1) is 0 Å². The van der Waals surface area contributed by atoms with E-state index in [1.165, 1.54) is 0 Å². The molecule has 98 valence electrons. The van der Waals surface area contributed by atoms with Crippen LogP contribution in [0.2, 0.25) is 5.02 Å². The van der Waals surface area contributed by atoms with E-state index in [9.17, 15) is 4.79 Å². The number of carbonyl (C=O) groups is 1. The Labute approximate surface area is 113 Å². The summed E-state index contributed by atoms with van der Waals surface area (Å²) < 4.78 is 0. The highest BCUT2D eigenvalue weighted by atomic mass is 35.5. The summed E-state index contributed by atoms with van der Waals surface area (Å²) in [5.74, 6) is 0.458. The quantitative estimate of drug-likeness (QED) is 0.881. The van der Waals surface area contributed by atoms with Gasteiger partial charge in [0.1, 0.15) is 0 Å². The Morgan fingerprint density at radius 3 is 3.06 bits per heavy atom. The third-order valence-electron chi connectivity index (χ3n) is 3.15. The van der Waals surface area contributed by atoms with Crippen LogP contribution in [0.3, 0.4) is 0 Å². The first-order valence-electron chi connectivity index (χ1n) is 6.34. The number of rotatable bonds is 3. The molecule has 1 unspecified atom stereocenters. The van der Waals surface area contributed by atoms with Crippen LogP contribution < -0.4 is 10.6 Å². The first-order valence-corrected chi connectivity index (χ1v) is 6.72. The Bertz CT molecular complexity index is 445. The van der Waals surface area contributed by atoms with Crippen molar-refractivity contribution in [3.05, 3.63) is 34.3 Å². The summed E-state index contributed by atoms with van der Waals surface area (Å²) in [6.45, 7) is 6.38. The second-order valence-electron chi connectivity index (χ2n) is 5.17. The number of nitrogens with one attached hydrogen (secondary N) is 2. The third kappa shape index (κ3) is 3.03. The summed E-state index contributed by atoms with van der Waals surface area (Å²) in [5.41, 5.74) is 2.22. The molecule has 1 aromatic rings. The summed E-state index contributed by atoms with van der Waals surface area (Å²) >= 11 is 5.98. The number of fused-ring (bicyclic) bond motifs is 1. The molecule has 0 saturated carbocycles. The highest BCUT2D eigenvalue weighted by Crippen LogP contribution is 2.26. The Hall–Kier alpha value is -1.06. The minimum Gasteiger partial charge on any atom is -0.355 e. The Kier molecular flexibility index (Phi) is 4.25. The number of carbonyl (C=O) groups excluding carboxylic acids is 1. The first kappa shape index (κ1) is 13.4. The maximum atomic E-state index is 12.2. The molecule has 1 aromatic carbocycles. The average molecular weight is 267 g/mol. The van der Waals surface area contributed by atoms with Crippen LogP contribution in [0.1, 0.15) is 30.9 Å². The van der Waals surface area contributed by atoms with Crippen molar-refractivity contribution in [1.29, 1.82) is 0 Å². The SMILES string of the molecule is CC(C)CNC(=O)C1CNCc2cc(Cl)ccc21. The summed E-state index contributed by atoms with van der Waals surface area (Å²) in [7, 11) is 0. The van der Waals surface area contributed by atoms with Crippen molar-refractivity contribution in [3.63, 3.8) is 0 Å². The van der Waals surface area contributed by atoms with Crippen molar-refractivity contribution in [2.24, 2.45) is 5.92 Å². The van der Waals surface area contributed by atoms with Gasteiger partial charge < -0.3 is 10.6 Å². The van der Waals surface area contributed by atoms with E-state index in [4.69, 9.17) is 11.6 Å². The van der Waals surface area contributed by atoms with Crippen LogP contribution in [0.25, 0.3) is 0 Å². The fourth-order valence-corrected chi connectivity index (χ4v) is 2.39. The van der Waals surface area contributed by atoms with Gasteiger partial charge >= 0.3 is 0 Å². The third-order valence-corrected chi connectivity index (χ3v) is 3.38. The monoisotopic (exact) mass is 266 g/mol. The summed E-state index contributed by atoms with van der Waals surface area (Å²) in [5, 5.41) is 6.98. The van der Waals surface area contributed by atoms with Crippen molar-refractivity contribution in [1.82, 2.24) is 10.6 Å². The fourth-order valence-electron chi connectivity index (χ4n) is 2.19. The van der Waals surface area contributed by atoms with Gasteiger partial charge in [0.25, 0.3) is 0 Å². The van der Waals surface area contributed by atoms with E-state index in [2.05, 4.69) is 24.5 Å². The number of benzene rings is 1.